The third-order valence-corrected chi connectivity index (χ3v) is 4.95. The summed E-state index contributed by atoms with van der Waals surface area (Å²) in [6, 6.07) is 15.9. The van der Waals surface area contributed by atoms with Crippen molar-refractivity contribution in [3.8, 4) is 12.3 Å². The predicted molar refractivity (Wildman–Crippen MR) is 121 cm³/mol. The molecule has 0 saturated heterocycles. The molecule has 2 unspecified atom stereocenters. The fourth-order valence-electron chi connectivity index (χ4n) is 2.86. The van der Waals surface area contributed by atoms with Crippen molar-refractivity contribution in [1.82, 2.24) is 0 Å². The second kappa shape index (κ2) is 9.24. The monoisotopic (exact) mass is 373 g/mol. The fourth-order valence-corrected chi connectivity index (χ4v) is 2.86. The lowest BCUT2D eigenvalue weighted by Gasteiger charge is -2.26. The second-order valence-corrected chi connectivity index (χ2v) is 7.39. The zero-order valence-corrected chi connectivity index (χ0v) is 16.9. The van der Waals surface area contributed by atoms with Crippen molar-refractivity contribution in [2.75, 3.05) is 5.32 Å². The van der Waals surface area contributed by atoms with E-state index in [0.717, 1.165) is 33.6 Å². The molecule has 1 nitrogen and oxygen atoms in total. The normalized spacial score (nSPS) is 14.1. The lowest BCUT2D eigenvalue weighted by molar-refractivity contribution is 0.161. The Labute approximate surface area is 168 Å². The van der Waals surface area contributed by atoms with Crippen LogP contribution in [0.5, 0.6) is 0 Å². The van der Waals surface area contributed by atoms with E-state index in [2.05, 4.69) is 24.4 Å². The minimum Gasteiger partial charge on any atom is -0.356 e. The van der Waals surface area contributed by atoms with Crippen LogP contribution in [0.4, 0.5) is 10.1 Å². The molecule has 2 aromatic rings. The van der Waals surface area contributed by atoms with E-state index >= 15 is 0 Å². The highest BCUT2D eigenvalue weighted by Crippen LogP contribution is 2.34. The number of hydrogen-bond acceptors (Lipinski definition) is 1. The minimum absolute atomic E-state index is 0.106. The first kappa shape index (κ1) is 21.3. The van der Waals surface area contributed by atoms with Crippen molar-refractivity contribution in [1.29, 1.82) is 0 Å². The number of halogens is 1. The maximum absolute atomic E-state index is 14.6. The predicted octanol–water partition coefficient (Wildman–Crippen LogP) is 7.21. The van der Waals surface area contributed by atoms with Gasteiger partial charge in [0.1, 0.15) is 5.67 Å². The van der Waals surface area contributed by atoms with E-state index in [-0.39, 0.29) is 12.3 Å². The first-order chi connectivity index (χ1) is 13.2. The quantitative estimate of drug-likeness (QED) is 0.381. The van der Waals surface area contributed by atoms with Crippen LogP contribution >= 0.6 is 0 Å². The van der Waals surface area contributed by atoms with E-state index < -0.39 is 5.67 Å². The van der Waals surface area contributed by atoms with E-state index in [1.807, 2.05) is 74.5 Å². The first-order valence-corrected chi connectivity index (χ1v) is 9.35. The van der Waals surface area contributed by atoms with Crippen LogP contribution in [0.2, 0.25) is 0 Å². The van der Waals surface area contributed by atoms with Crippen molar-refractivity contribution in [3.05, 3.63) is 90.2 Å². The summed E-state index contributed by atoms with van der Waals surface area (Å²) in [5.41, 5.74) is 4.46. The molecule has 28 heavy (non-hydrogen) atoms. The van der Waals surface area contributed by atoms with Gasteiger partial charge in [-0.15, -0.1) is 12.3 Å². The van der Waals surface area contributed by atoms with Gasteiger partial charge in [0.15, 0.2) is 0 Å². The summed E-state index contributed by atoms with van der Waals surface area (Å²) >= 11 is 0. The van der Waals surface area contributed by atoms with Crippen LogP contribution < -0.4 is 5.32 Å². The molecule has 2 rings (SSSR count). The molecule has 0 radical (unpaired) electrons. The summed E-state index contributed by atoms with van der Waals surface area (Å²) in [6.07, 6.45) is 9.28. The second-order valence-electron chi connectivity index (χ2n) is 7.39. The Morgan fingerprint density at radius 2 is 1.79 bits per heavy atom. The zero-order valence-electron chi connectivity index (χ0n) is 16.9. The molecule has 0 spiro atoms. The van der Waals surface area contributed by atoms with E-state index in [0.29, 0.717) is 0 Å². The number of nitrogens with one attached hydrogen (secondary N) is 1. The fraction of sp³-hybridized carbons (Fsp3) is 0.231. The Kier molecular flexibility index (Phi) is 7.01. The first-order valence-electron chi connectivity index (χ1n) is 9.35. The molecule has 0 amide bonds. The molecule has 2 atom stereocenters. The molecule has 2 aromatic carbocycles. The van der Waals surface area contributed by atoms with Crippen LogP contribution in [0.1, 0.15) is 49.8 Å². The van der Waals surface area contributed by atoms with Crippen LogP contribution in [0.15, 0.2) is 73.5 Å². The summed E-state index contributed by atoms with van der Waals surface area (Å²) in [5, 5.41) is 3.26. The van der Waals surface area contributed by atoms with Gasteiger partial charge in [-0.05, 0) is 48.7 Å². The van der Waals surface area contributed by atoms with Gasteiger partial charge in [0.2, 0.25) is 0 Å². The highest BCUT2D eigenvalue weighted by atomic mass is 19.1. The Morgan fingerprint density at radius 1 is 1.18 bits per heavy atom. The smallest absolute Gasteiger partial charge is 0.125 e. The number of allylic oxidation sites excluding steroid dienone is 2. The summed E-state index contributed by atoms with van der Waals surface area (Å²) in [4.78, 5) is 0. The lowest BCUT2D eigenvalue weighted by atomic mass is 9.84. The maximum Gasteiger partial charge on any atom is 0.125 e. The Balaban J connectivity index is 1.99. The molecule has 0 aliphatic carbocycles. The molecule has 0 aliphatic heterocycles. The number of anilines is 1. The molecule has 0 aromatic heterocycles. The van der Waals surface area contributed by atoms with E-state index in [9.17, 15) is 4.39 Å². The Hall–Kier alpha value is -3.05. The summed E-state index contributed by atoms with van der Waals surface area (Å²) in [5.74, 6) is 2.16. The van der Waals surface area contributed by atoms with E-state index in [1.165, 1.54) is 0 Å². The van der Waals surface area contributed by atoms with Crippen LogP contribution in [0.25, 0.3) is 11.6 Å². The largest absolute Gasteiger partial charge is 0.356 e. The standard InChI is InChI=1S/C26H28FN/c1-7-18-26(6,27)21(5)24-12-10-22(11-13-24)9-8-20(4)28-25-16-14-23(15-17-25)19(2)3/h1,8-17,21,28H,2,4,18H2,3,5-6H3/b9-8+. The van der Waals surface area contributed by atoms with Crippen molar-refractivity contribution < 1.29 is 4.39 Å². The van der Waals surface area contributed by atoms with Gasteiger partial charge < -0.3 is 5.32 Å². The van der Waals surface area contributed by atoms with Gasteiger partial charge >= 0.3 is 0 Å². The maximum atomic E-state index is 14.6. The third-order valence-electron chi connectivity index (χ3n) is 4.95. The molecule has 144 valence electrons. The Morgan fingerprint density at radius 3 is 2.32 bits per heavy atom. The van der Waals surface area contributed by atoms with Gasteiger partial charge in [-0.3, -0.25) is 0 Å². The number of terminal acetylenes is 1. The average molecular weight is 374 g/mol. The van der Waals surface area contributed by atoms with Crippen LogP contribution in [-0.4, -0.2) is 5.67 Å². The topological polar surface area (TPSA) is 12.0 Å². The molecular weight excluding hydrogens is 345 g/mol. The minimum atomic E-state index is -1.41. The highest BCUT2D eigenvalue weighted by Gasteiger charge is 2.30. The van der Waals surface area contributed by atoms with Crippen LogP contribution in [0.3, 0.4) is 0 Å². The summed E-state index contributed by atoms with van der Waals surface area (Å²) in [6.45, 7) is 13.4. The van der Waals surface area contributed by atoms with E-state index in [1.54, 1.807) is 6.92 Å². The lowest BCUT2D eigenvalue weighted by Crippen LogP contribution is -2.25. The number of rotatable bonds is 8. The molecule has 2 heteroatoms. The van der Waals surface area contributed by atoms with Crippen molar-refractivity contribution in [2.45, 2.75) is 38.8 Å². The molecule has 0 bridgehead atoms. The summed E-state index contributed by atoms with van der Waals surface area (Å²) in [7, 11) is 0. The molecule has 0 fully saturated rings. The molecule has 0 heterocycles. The van der Waals surface area contributed by atoms with Crippen molar-refractivity contribution >= 4 is 17.3 Å². The van der Waals surface area contributed by atoms with Gasteiger partial charge in [0.25, 0.3) is 0 Å². The number of hydrogen-bond donors (Lipinski definition) is 1. The van der Waals surface area contributed by atoms with Gasteiger partial charge in [0.05, 0.1) is 0 Å². The van der Waals surface area contributed by atoms with Gasteiger partial charge in [-0.2, -0.15) is 0 Å². The van der Waals surface area contributed by atoms with Gasteiger partial charge in [-0.25, -0.2) is 4.39 Å². The number of benzene rings is 2. The average Bonchev–Trinajstić information content (AvgIpc) is 2.66. The van der Waals surface area contributed by atoms with Gasteiger partial charge in [-0.1, -0.05) is 68.1 Å². The molecule has 0 saturated carbocycles. The molecule has 0 aliphatic rings. The van der Waals surface area contributed by atoms with Crippen molar-refractivity contribution in [2.24, 2.45) is 0 Å². The number of alkyl halides is 1. The van der Waals surface area contributed by atoms with E-state index in [4.69, 9.17) is 6.42 Å². The van der Waals surface area contributed by atoms with Crippen LogP contribution in [-0.2, 0) is 0 Å². The van der Waals surface area contributed by atoms with Crippen molar-refractivity contribution in [3.63, 3.8) is 0 Å². The SMILES string of the molecule is C#CCC(C)(F)C(C)c1ccc(/C=C/C(=C)Nc2ccc(C(=C)C)cc2)cc1. The van der Waals surface area contributed by atoms with Gasteiger partial charge in [0, 0.05) is 23.7 Å². The van der Waals surface area contributed by atoms with Crippen LogP contribution in [0, 0.1) is 12.3 Å². The highest BCUT2D eigenvalue weighted by molar-refractivity contribution is 5.65. The summed E-state index contributed by atoms with van der Waals surface area (Å²) < 4.78 is 14.6. The Bertz CT molecular complexity index is 893. The molecular formula is C26H28FN. The third kappa shape index (κ3) is 5.72. The zero-order chi connectivity index (χ0) is 20.7. The molecule has 1 N–H and O–H groups in total.